The summed E-state index contributed by atoms with van der Waals surface area (Å²) in [4.78, 5) is 15.8. The Balaban J connectivity index is 1.68. The first-order valence-corrected chi connectivity index (χ1v) is 6.12. The second-order valence-corrected chi connectivity index (χ2v) is 4.26. The summed E-state index contributed by atoms with van der Waals surface area (Å²) in [6, 6.07) is 5.29. The zero-order valence-electron chi connectivity index (χ0n) is 10.2. The lowest BCUT2D eigenvalue weighted by Gasteiger charge is -2.02. The van der Waals surface area contributed by atoms with Gasteiger partial charge in [0.15, 0.2) is 0 Å². The van der Waals surface area contributed by atoms with Crippen LogP contribution in [0.4, 0.5) is 6.01 Å². The number of aromatic nitrogens is 3. The second kappa shape index (κ2) is 5.15. The van der Waals surface area contributed by atoms with Crippen LogP contribution in [0.25, 0.3) is 0 Å². The van der Waals surface area contributed by atoms with Crippen LogP contribution in [-0.2, 0) is 0 Å². The van der Waals surface area contributed by atoms with Gasteiger partial charge in [-0.1, -0.05) is 11.2 Å². The Morgan fingerprint density at radius 1 is 1.42 bits per heavy atom. The smallest absolute Gasteiger partial charge is 0.322 e. The number of carbonyl (C=O) groups is 1. The fraction of sp³-hybridized carbons (Fsp3) is 0.333. The number of anilines is 1. The van der Waals surface area contributed by atoms with Gasteiger partial charge in [0.05, 0.1) is 6.04 Å². The van der Waals surface area contributed by atoms with Crippen LogP contribution in [0.3, 0.4) is 0 Å². The third-order valence-electron chi connectivity index (χ3n) is 2.92. The molecule has 0 aromatic carbocycles. The molecule has 2 aromatic heterocycles. The molecule has 1 saturated heterocycles. The van der Waals surface area contributed by atoms with Gasteiger partial charge in [0, 0.05) is 6.20 Å². The summed E-state index contributed by atoms with van der Waals surface area (Å²) in [5.41, 5.74) is 0.307. The third-order valence-corrected chi connectivity index (χ3v) is 2.92. The van der Waals surface area contributed by atoms with Gasteiger partial charge in [-0.05, 0) is 31.5 Å². The minimum atomic E-state index is -0.366. The minimum absolute atomic E-state index is 0.0907. The van der Waals surface area contributed by atoms with E-state index in [0.29, 0.717) is 11.6 Å². The van der Waals surface area contributed by atoms with Crippen LogP contribution in [0.1, 0.15) is 35.3 Å². The Hall–Kier alpha value is -2.28. The Bertz CT molecular complexity index is 563. The molecule has 3 heterocycles. The number of rotatable bonds is 3. The maximum absolute atomic E-state index is 11.8. The Kier molecular flexibility index (Phi) is 3.20. The van der Waals surface area contributed by atoms with Gasteiger partial charge in [0.1, 0.15) is 5.69 Å². The highest BCUT2D eigenvalue weighted by molar-refractivity contribution is 6.01. The van der Waals surface area contributed by atoms with Gasteiger partial charge < -0.3 is 9.73 Å². The molecule has 1 atom stereocenters. The standard InChI is InChI=1S/C12H13N5O2/c18-10(8-4-1-2-6-13-8)15-12-17-16-11(19-12)9-5-3-7-14-9/h1-2,4,6,9,14H,3,5,7H2,(H,15,17,18). The molecule has 1 fully saturated rings. The molecular formula is C12H13N5O2. The molecule has 19 heavy (non-hydrogen) atoms. The minimum Gasteiger partial charge on any atom is -0.406 e. The first kappa shape index (κ1) is 11.8. The fourth-order valence-electron chi connectivity index (χ4n) is 1.98. The van der Waals surface area contributed by atoms with Gasteiger partial charge in [0.25, 0.3) is 5.91 Å². The molecule has 98 valence electrons. The van der Waals surface area contributed by atoms with Crippen LogP contribution in [0.15, 0.2) is 28.8 Å². The van der Waals surface area contributed by atoms with E-state index in [9.17, 15) is 4.79 Å². The normalized spacial score (nSPS) is 18.4. The first-order valence-electron chi connectivity index (χ1n) is 6.12. The lowest BCUT2D eigenvalue weighted by Crippen LogP contribution is -2.14. The summed E-state index contributed by atoms with van der Waals surface area (Å²) in [6.07, 6.45) is 3.61. The number of nitrogens with one attached hydrogen (secondary N) is 2. The monoisotopic (exact) mass is 259 g/mol. The Labute approximate surface area is 109 Å². The van der Waals surface area contributed by atoms with E-state index in [2.05, 4.69) is 25.8 Å². The average Bonchev–Trinajstić information content (AvgIpc) is 3.10. The molecule has 7 heteroatoms. The molecule has 7 nitrogen and oxygen atoms in total. The molecule has 2 aromatic rings. The zero-order chi connectivity index (χ0) is 13.1. The number of carbonyl (C=O) groups excluding carboxylic acids is 1. The van der Waals surface area contributed by atoms with Crippen molar-refractivity contribution >= 4 is 11.9 Å². The summed E-state index contributed by atoms with van der Waals surface area (Å²) >= 11 is 0. The van der Waals surface area contributed by atoms with Gasteiger partial charge >= 0.3 is 6.01 Å². The Morgan fingerprint density at radius 2 is 2.37 bits per heavy atom. The predicted molar refractivity (Wildman–Crippen MR) is 66.5 cm³/mol. The molecule has 0 radical (unpaired) electrons. The molecule has 1 aliphatic rings. The molecule has 1 amide bonds. The number of nitrogens with zero attached hydrogens (tertiary/aromatic N) is 3. The molecule has 0 aliphatic carbocycles. The molecule has 2 N–H and O–H groups in total. The highest BCUT2D eigenvalue weighted by atomic mass is 16.4. The van der Waals surface area contributed by atoms with E-state index in [4.69, 9.17) is 4.42 Å². The Morgan fingerprint density at radius 3 is 3.11 bits per heavy atom. The van der Waals surface area contributed by atoms with E-state index in [0.717, 1.165) is 19.4 Å². The molecule has 1 unspecified atom stereocenters. The van der Waals surface area contributed by atoms with Gasteiger partial charge in [-0.3, -0.25) is 15.1 Å². The summed E-state index contributed by atoms with van der Waals surface area (Å²) < 4.78 is 5.42. The molecule has 1 aliphatic heterocycles. The summed E-state index contributed by atoms with van der Waals surface area (Å²) in [5.74, 6) is 0.143. The highest BCUT2D eigenvalue weighted by Gasteiger charge is 2.22. The number of hydrogen-bond donors (Lipinski definition) is 2. The molecule has 0 saturated carbocycles. The van der Waals surface area contributed by atoms with Crippen LogP contribution < -0.4 is 10.6 Å². The molecular weight excluding hydrogens is 246 g/mol. The van der Waals surface area contributed by atoms with E-state index >= 15 is 0 Å². The quantitative estimate of drug-likeness (QED) is 0.858. The largest absolute Gasteiger partial charge is 0.406 e. The third kappa shape index (κ3) is 2.60. The molecule has 3 rings (SSSR count). The lowest BCUT2D eigenvalue weighted by molar-refractivity contribution is 0.101. The van der Waals surface area contributed by atoms with Crippen molar-refractivity contribution in [2.45, 2.75) is 18.9 Å². The van der Waals surface area contributed by atoms with E-state index in [1.165, 1.54) is 0 Å². The van der Waals surface area contributed by atoms with Crippen molar-refractivity contribution < 1.29 is 9.21 Å². The van der Waals surface area contributed by atoms with Crippen LogP contribution in [-0.4, -0.2) is 27.6 Å². The van der Waals surface area contributed by atoms with Crippen molar-refractivity contribution in [2.24, 2.45) is 0 Å². The zero-order valence-corrected chi connectivity index (χ0v) is 10.2. The van der Waals surface area contributed by atoms with Crippen molar-refractivity contribution in [1.29, 1.82) is 0 Å². The van der Waals surface area contributed by atoms with E-state index in [-0.39, 0.29) is 18.0 Å². The van der Waals surface area contributed by atoms with Crippen molar-refractivity contribution in [3.05, 3.63) is 36.0 Å². The SMILES string of the molecule is O=C(Nc1nnc(C2CCCN2)o1)c1ccccn1. The second-order valence-electron chi connectivity index (χ2n) is 4.26. The maximum Gasteiger partial charge on any atom is 0.322 e. The van der Waals surface area contributed by atoms with Crippen LogP contribution in [0.5, 0.6) is 0 Å². The van der Waals surface area contributed by atoms with E-state index in [1.54, 1.807) is 24.4 Å². The average molecular weight is 259 g/mol. The lowest BCUT2D eigenvalue weighted by atomic mass is 10.2. The van der Waals surface area contributed by atoms with Crippen LogP contribution >= 0.6 is 0 Å². The van der Waals surface area contributed by atoms with Crippen molar-refractivity contribution in [1.82, 2.24) is 20.5 Å². The van der Waals surface area contributed by atoms with Gasteiger partial charge in [-0.15, -0.1) is 5.10 Å². The fourth-order valence-corrected chi connectivity index (χ4v) is 1.98. The van der Waals surface area contributed by atoms with Crippen LogP contribution in [0, 0.1) is 0 Å². The predicted octanol–water partition coefficient (Wildman–Crippen LogP) is 1.14. The summed E-state index contributed by atoms with van der Waals surface area (Å²) in [5, 5.41) is 13.5. The van der Waals surface area contributed by atoms with Crippen molar-refractivity contribution in [3.8, 4) is 0 Å². The van der Waals surface area contributed by atoms with Gasteiger partial charge in [-0.25, -0.2) is 0 Å². The summed E-state index contributed by atoms with van der Waals surface area (Å²) in [6.45, 7) is 0.947. The van der Waals surface area contributed by atoms with Gasteiger partial charge in [-0.2, -0.15) is 0 Å². The number of pyridine rings is 1. The number of hydrogen-bond acceptors (Lipinski definition) is 6. The topological polar surface area (TPSA) is 92.9 Å². The highest BCUT2D eigenvalue weighted by Crippen LogP contribution is 2.22. The summed E-state index contributed by atoms with van der Waals surface area (Å²) in [7, 11) is 0. The van der Waals surface area contributed by atoms with E-state index in [1.807, 2.05) is 0 Å². The van der Waals surface area contributed by atoms with Crippen molar-refractivity contribution in [2.75, 3.05) is 11.9 Å². The first-order chi connectivity index (χ1) is 9.33. The van der Waals surface area contributed by atoms with Crippen LogP contribution in [0.2, 0.25) is 0 Å². The number of amides is 1. The van der Waals surface area contributed by atoms with Crippen molar-refractivity contribution in [3.63, 3.8) is 0 Å². The molecule has 0 bridgehead atoms. The van der Waals surface area contributed by atoms with Gasteiger partial charge in [0.2, 0.25) is 5.89 Å². The van der Waals surface area contributed by atoms with E-state index < -0.39 is 0 Å². The maximum atomic E-state index is 11.8. The molecule has 0 spiro atoms.